The van der Waals surface area contributed by atoms with Crippen LogP contribution in [-0.4, -0.2) is 17.0 Å². The van der Waals surface area contributed by atoms with Gasteiger partial charge < -0.3 is 10.6 Å². The summed E-state index contributed by atoms with van der Waals surface area (Å²) < 4.78 is 0.772. The number of hydrogen-bond acceptors (Lipinski definition) is 5. The van der Waals surface area contributed by atoms with E-state index in [1.54, 1.807) is 6.07 Å². The van der Waals surface area contributed by atoms with E-state index in [1.807, 2.05) is 24.1 Å². The zero-order valence-electron chi connectivity index (χ0n) is 9.02. The number of aromatic nitrogens is 2. The van der Waals surface area contributed by atoms with Gasteiger partial charge in [-0.1, -0.05) is 23.2 Å². The molecule has 90 valence electrons. The maximum Gasteiger partial charge on any atom is 0.223 e. The minimum absolute atomic E-state index is 0.170. The first-order chi connectivity index (χ1) is 8.04. The Morgan fingerprint density at radius 3 is 2.71 bits per heavy atom. The van der Waals surface area contributed by atoms with Crippen molar-refractivity contribution in [1.29, 1.82) is 0 Å². The summed E-state index contributed by atoms with van der Waals surface area (Å²) in [6, 6.07) is 5.53. The van der Waals surface area contributed by atoms with Gasteiger partial charge in [-0.15, -0.1) is 11.3 Å². The molecule has 0 aliphatic heterocycles. The first-order valence-corrected chi connectivity index (χ1v) is 6.37. The Labute approximate surface area is 113 Å². The summed E-state index contributed by atoms with van der Waals surface area (Å²) in [4.78, 5) is 11.0. The third kappa shape index (κ3) is 3.21. The zero-order valence-corrected chi connectivity index (χ0v) is 11.4. The molecule has 2 aromatic rings. The van der Waals surface area contributed by atoms with E-state index in [-0.39, 0.29) is 5.95 Å². The average molecular weight is 289 g/mol. The highest BCUT2D eigenvalue weighted by atomic mass is 35.5. The SMILES string of the molecule is CN(Cc1ccc(Cl)s1)c1cc(Cl)nc(N)n1. The molecule has 17 heavy (non-hydrogen) atoms. The number of nitrogen functional groups attached to an aromatic ring is 1. The van der Waals surface area contributed by atoms with Crippen molar-refractivity contribution in [1.82, 2.24) is 9.97 Å². The van der Waals surface area contributed by atoms with Crippen molar-refractivity contribution in [3.05, 3.63) is 32.6 Å². The summed E-state index contributed by atoms with van der Waals surface area (Å²) in [5.41, 5.74) is 5.54. The van der Waals surface area contributed by atoms with Gasteiger partial charge in [-0.3, -0.25) is 0 Å². The molecule has 0 spiro atoms. The minimum Gasteiger partial charge on any atom is -0.368 e. The van der Waals surface area contributed by atoms with Crippen molar-refractivity contribution >= 4 is 46.3 Å². The number of halogens is 2. The molecular formula is C10H10Cl2N4S. The second-order valence-corrected chi connectivity index (χ2v) is 5.66. The lowest BCUT2D eigenvalue weighted by Crippen LogP contribution is -2.17. The lowest BCUT2D eigenvalue weighted by molar-refractivity contribution is 0.907. The Morgan fingerprint density at radius 2 is 2.12 bits per heavy atom. The van der Waals surface area contributed by atoms with Crippen LogP contribution < -0.4 is 10.6 Å². The topological polar surface area (TPSA) is 55.0 Å². The molecule has 0 saturated heterocycles. The van der Waals surface area contributed by atoms with Gasteiger partial charge in [0.2, 0.25) is 5.95 Å². The standard InChI is InChI=1S/C10H10Cl2N4S/c1-16(5-6-2-3-8(12)17-6)9-4-7(11)14-10(13)15-9/h2-4H,5H2,1H3,(H2,13,14,15). The van der Waals surface area contributed by atoms with Crippen LogP contribution in [0.3, 0.4) is 0 Å². The van der Waals surface area contributed by atoms with Crippen LogP contribution >= 0.6 is 34.5 Å². The molecule has 0 aliphatic rings. The van der Waals surface area contributed by atoms with Crippen LogP contribution in [0.4, 0.5) is 11.8 Å². The molecule has 0 saturated carbocycles. The quantitative estimate of drug-likeness (QED) is 0.882. The molecule has 7 heteroatoms. The Hall–Kier alpha value is -1.04. The van der Waals surface area contributed by atoms with E-state index in [9.17, 15) is 0 Å². The van der Waals surface area contributed by atoms with E-state index in [0.717, 1.165) is 9.21 Å². The average Bonchev–Trinajstić information content (AvgIpc) is 2.62. The van der Waals surface area contributed by atoms with Gasteiger partial charge >= 0.3 is 0 Å². The summed E-state index contributed by atoms with van der Waals surface area (Å²) in [6.45, 7) is 0.699. The van der Waals surface area contributed by atoms with Crippen molar-refractivity contribution in [2.24, 2.45) is 0 Å². The highest BCUT2D eigenvalue weighted by molar-refractivity contribution is 7.16. The van der Waals surface area contributed by atoms with E-state index in [4.69, 9.17) is 28.9 Å². The van der Waals surface area contributed by atoms with E-state index < -0.39 is 0 Å². The molecular weight excluding hydrogens is 279 g/mol. The number of nitrogens with two attached hydrogens (primary N) is 1. The molecule has 0 radical (unpaired) electrons. The molecule has 2 aromatic heterocycles. The number of rotatable bonds is 3. The Kier molecular flexibility index (Phi) is 3.71. The van der Waals surface area contributed by atoms with Gasteiger partial charge in [-0.2, -0.15) is 4.98 Å². The van der Waals surface area contributed by atoms with Gasteiger partial charge in [0.1, 0.15) is 11.0 Å². The summed E-state index contributed by atoms with van der Waals surface area (Å²) in [7, 11) is 1.91. The Balaban J connectivity index is 2.16. The third-order valence-corrected chi connectivity index (χ3v) is 3.52. The van der Waals surface area contributed by atoms with Crippen LogP contribution in [0.1, 0.15) is 4.88 Å². The molecule has 0 aliphatic carbocycles. The van der Waals surface area contributed by atoms with E-state index in [2.05, 4.69) is 9.97 Å². The number of nitrogens with zero attached hydrogens (tertiary/aromatic N) is 3. The van der Waals surface area contributed by atoms with Gasteiger partial charge in [-0.05, 0) is 12.1 Å². The van der Waals surface area contributed by atoms with E-state index >= 15 is 0 Å². The maximum atomic E-state index is 5.87. The predicted octanol–water partition coefficient (Wildman–Crippen LogP) is 3.06. The summed E-state index contributed by atoms with van der Waals surface area (Å²) in [5, 5.41) is 0.337. The zero-order chi connectivity index (χ0) is 12.4. The van der Waals surface area contributed by atoms with Crippen molar-refractivity contribution < 1.29 is 0 Å². The fraction of sp³-hybridized carbons (Fsp3) is 0.200. The van der Waals surface area contributed by atoms with Gasteiger partial charge in [0.15, 0.2) is 0 Å². The van der Waals surface area contributed by atoms with Gasteiger partial charge in [-0.25, -0.2) is 4.98 Å². The summed E-state index contributed by atoms with van der Waals surface area (Å²) >= 11 is 13.2. The lowest BCUT2D eigenvalue weighted by atomic mass is 10.4. The number of hydrogen-bond donors (Lipinski definition) is 1. The second kappa shape index (κ2) is 5.08. The number of thiophene rings is 1. The smallest absolute Gasteiger partial charge is 0.223 e. The third-order valence-electron chi connectivity index (χ3n) is 2.11. The van der Waals surface area contributed by atoms with Crippen LogP contribution in [0.5, 0.6) is 0 Å². The highest BCUT2D eigenvalue weighted by Crippen LogP contribution is 2.24. The van der Waals surface area contributed by atoms with Crippen molar-refractivity contribution in [3.8, 4) is 0 Å². The van der Waals surface area contributed by atoms with Crippen LogP contribution in [-0.2, 0) is 6.54 Å². The van der Waals surface area contributed by atoms with Crippen LogP contribution in [0.15, 0.2) is 18.2 Å². The number of anilines is 2. The molecule has 0 bridgehead atoms. The normalized spacial score (nSPS) is 10.5. The lowest BCUT2D eigenvalue weighted by Gasteiger charge is -2.17. The fourth-order valence-corrected chi connectivity index (χ4v) is 2.70. The summed E-state index contributed by atoms with van der Waals surface area (Å²) in [5.74, 6) is 0.857. The molecule has 2 N–H and O–H groups in total. The van der Waals surface area contributed by atoms with Crippen LogP contribution in [0.2, 0.25) is 9.49 Å². The molecule has 2 rings (SSSR count). The van der Waals surface area contributed by atoms with Crippen LogP contribution in [0, 0.1) is 0 Å². The fourth-order valence-electron chi connectivity index (χ4n) is 1.37. The molecule has 0 aromatic carbocycles. The van der Waals surface area contributed by atoms with Gasteiger partial charge in [0.25, 0.3) is 0 Å². The first-order valence-electron chi connectivity index (χ1n) is 4.80. The summed E-state index contributed by atoms with van der Waals surface area (Å²) in [6.07, 6.45) is 0. The van der Waals surface area contributed by atoms with Crippen molar-refractivity contribution in [2.75, 3.05) is 17.7 Å². The maximum absolute atomic E-state index is 5.87. The minimum atomic E-state index is 0.170. The molecule has 0 fully saturated rings. The monoisotopic (exact) mass is 288 g/mol. The van der Waals surface area contributed by atoms with Crippen molar-refractivity contribution in [3.63, 3.8) is 0 Å². The largest absolute Gasteiger partial charge is 0.368 e. The predicted molar refractivity (Wildman–Crippen MR) is 72.9 cm³/mol. The van der Waals surface area contributed by atoms with E-state index in [0.29, 0.717) is 17.5 Å². The molecule has 0 amide bonds. The van der Waals surface area contributed by atoms with Crippen molar-refractivity contribution in [2.45, 2.75) is 6.54 Å². The highest BCUT2D eigenvalue weighted by Gasteiger charge is 2.08. The van der Waals surface area contributed by atoms with Gasteiger partial charge in [0.05, 0.1) is 10.9 Å². The van der Waals surface area contributed by atoms with Gasteiger partial charge in [0, 0.05) is 18.0 Å². The first kappa shape index (κ1) is 12.4. The second-order valence-electron chi connectivity index (χ2n) is 3.47. The molecule has 0 atom stereocenters. The Bertz CT molecular complexity index is 509. The van der Waals surface area contributed by atoms with E-state index in [1.165, 1.54) is 11.3 Å². The molecule has 0 unspecified atom stereocenters. The molecule has 4 nitrogen and oxygen atoms in total. The van der Waals surface area contributed by atoms with Crippen LogP contribution in [0.25, 0.3) is 0 Å². The Morgan fingerprint density at radius 1 is 1.35 bits per heavy atom. The molecule has 2 heterocycles.